The van der Waals surface area contributed by atoms with E-state index in [2.05, 4.69) is 4.98 Å². The Labute approximate surface area is 126 Å². The maximum Gasteiger partial charge on any atom is 0.299 e. The van der Waals surface area contributed by atoms with Crippen LogP contribution < -0.4 is 9.64 Å². The number of hydrogen-bond acceptors (Lipinski definition) is 4. The van der Waals surface area contributed by atoms with Crippen molar-refractivity contribution < 1.29 is 14.3 Å². The zero-order valence-electron chi connectivity index (χ0n) is 11.2. The van der Waals surface area contributed by atoms with Gasteiger partial charge in [-0.25, -0.2) is 4.98 Å². The maximum absolute atomic E-state index is 12.1. The van der Waals surface area contributed by atoms with Crippen molar-refractivity contribution in [3.05, 3.63) is 52.8 Å². The topological polar surface area (TPSA) is 59.5 Å². The van der Waals surface area contributed by atoms with Crippen molar-refractivity contribution in [1.29, 1.82) is 0 Å². The van der Waals surface area contributed by atoms with E-state index in [0.717, 1.165) is 5.56 Å². The van der Waals surface area contributed by atoms with Crippen molar-refractivity contribution in [3.8, 4) is 5.75 Å². The lowest BCUT2D eigenvalue weighted by Crippen LogP contribution is -2.29. The number of ether oxygens (including phenoxy) is 1. The Hall–Kier alpha value is -2.40. The summed E-state index contributed by atoms with van der Waals surface area (Å²) in [6.07, 6.45) is 1.58. The van der Waals surface area contributed by atoms with Crippen LogP contribution in [0.25, 0.3) is 0 Å². The molecule has 0 saturated carbocycles. The van der Waals surface area contributed by atoms with Gasteiger partial charge in [-0.2, -0.15) is 0 Å². The first-order valence-corrected chi connectivity index (χ1v) is 6.62. The van der Waals surface area contributed by atoms with Crippen LogP contribution in [0.3, 0.4) is 0 Å². The van der Waals surface area contributed by atoms with Gasteiger partial charge in [-0.3, -0.25) is 9.59 Å². The molecule has 1 aliphatic rings. The molecule has 1 amide bonds. The Kier molecular flexibility index (Phi) is 3.35. The first-order chi connectivity index (χ1) is 10.1. The third kappa shape index (κ3) is 2.36. The van der Waals surface area contributed by atoms with E-state index in [0.29, 0.717) is 22.2 Å². The number of amides is 1. The molecule has 0 N–H and O–H groups in total. The summed E-state index contributed by atoms with van der Waals surface area (Å²) in [5.41, 5.74) is 1.73. The molecule has 0 aliphatic carbocycles. The highest BCUT2D eigenvalue weighted by molar-refractivity contribution is 6.52. The average Bonchev–Trinajstić information content (AvgIpc) is 2.74. The van der Waals surface area contributed by atoms with E-state index < -0.39 is 11.7 Å². The lowest BCUT2D eigenvalue weighted by molar-refractivity contribution is -0.114. The van der Waals surface area contributed by atoms with Gasteiger partial charge in [0.15, 0.2) is 0 Å². The molecule has 106 valence electrons. The van der Waals surface area contributed by atoms with Gasteiger partial charge in [0.1, 0.15) is 10.9 Å². The molecule has 0 bridgehead atoms. The number of carbonyl (C=O) groups is 2. The first kappa shape index (κ1) is 13.6. The summed E-state index contributed by atoms with van der Waals surface area (Å²) in [7, 11) is 1.54. The van der Waals surface area contributed by atoms with Crippen molar-refractivity contribution in [2.45, 2.75) is 6.54 Å². The predicted octanol–water partition coefficient (Wildman–Crippen LogP) is 2.47. The van der Waals surface area contributed by atoms with E-state index >= 15 is 0 Å². The maximum atomic E-state index is 12.1. The van der Waals surface area contributed by atoms with Gasteiger partial charge in [-0.1, -0.05) is 17.7 Å². The Bertz CT molecular complexity index is 728. The third-order valence-corrected chi connectivity index (χ3v) is 3.53. The SMILES string of the molecule is COc1ccc2c(c1)N(Cc1ccc(Cl)nc1)C(=O)C2=O. The summed E-state index contributed by atoms with van der Waals surface area (Å²) in [6, 6.07) is 8.37. The number of ketones is 1. The van der Waals surface area contributed by atoms with Crippen molar-refractivity contribution in [1.82, 2.24) is 4.98 Å². The van der Waals surface area contributed by atoms with E-state index in [4.69, 9.17) is 16.3 Å². The summed E-state index contributed by atoms with van der Waals surface area (Å²) >= 11 is 5.74. The second-order valence-corrected chi connectivity index (χ2v) is 4.98. The molecule has 1 aliphatic heterocycles. The zero-order chi connectivity index (χ0) is 15.0. The quantitative estimate of drug-likeness (QED) is 0.645. The van der Waals surface area contributed by atoms with Crippen molar-refractivity contribution in [3.63, 3.8) is 0 Å². The van der Waals surface area contributed by atoms with E-state index in [1.807, 2.05) is 0 Å². The van der Waals surface area contributed by atoms with Crippen LogP contribution in [0, 0.1) is 0 Å². The van der Waals surface area contributed by atoms with E-state index in [1.54, 1.807) is 36.5 Å². The molecule has 0 unspecified atom stereocenters. The normalized spacial score (nSPS) is 13.5. The molecule has 0 radical (unpaired) electrons. The smallest absolute Gasteiger partial charge is 0.299 e. The number of nitrogens with zero attached hydrogens (tertiary/aromatic N) is 2. The van der Waals surface area contributed by atoms with Crippen LogP contribution in [-0.4, -0.2) is 23.8 Å². The minimum atomic E-state index is -0.548. The molecule has 1 aromatic carbocycles. The molecule has 21 heavy (non-hydrogen) atoms. The van der Waals surface area contributed by atoms with Gasteiger partial charge in [0.2, 0.25) is 0 Å². The highest BCUT2D eigenvalue weighted by atomic mass is 35.5. The van der Waals surface area contributed by atoms with Crippen LogP contribution >= 0.6 is 11.6 Å². The fourth-order valence-electron chi connectivity index (χ4n) is 2.24. The number of halogens is 1. The highest BCUT2D eigenvalue weighted by Gasteiger charge is 2.36. The van der Waals surface area contributed by atoms with Gasteiger partial charge in [0, 0.05) is 12.3 Å². The largest absolute Gasteiger partial charge is 0.497 e. The van der Waals surface area contributed by atoms with Crippen LogP contribution in [-0.2, 0) is 11.3 Å². The van der Waals surface area contributed by atoms with Crippen LogP contribution in [0.2, 0.25) is 5.15 Å². The molecular formula is C15H11ClN2O3. The Morgan fingerprint density at radius 1 is 1.24 bits per heavy atom. The Balaban J connectivity index is 1.98. The molecule has 0 spiro atoms. The third-order valence-electron chi connectivity index (χ3n) is 3.31. The van der Waals surface area contributed by atoms with Crippen molar-refractivity contribution in [2.75, 3.05) is 12.0 Å². The van der Waals surface area contributed by atoms with Crippen LogP contribution in [0.1, 0.15) is 15.9 Å². The van der Waals surface area contributed by atoms with E-state index in [-0.39, 0.29) is 6.54 Å². The number of Topliss-reactive ketones (excluding diaryl/α,β-unsaturated/α-hetero) is 1. The number of fused-ring (bicyclic) bond motifs is 1. The summed E-state index contributed by atoms with van der Waals surface area (Å²) in [5.74, 6) is -0.460. The Morgan fingerprint density at radius 3 is 2.71 bits per heavy atom. The molecule has 0 atom stereocenters. The standard InChI is InChI=1S/C15H11ClN2O3/c1-21-10-3-4-11-12(6-10)18(15(20)14(11)19)8-9-2-5-13(16)17-7-9/h2-7H,8H2,1H3. The molecule has 6 heteroatoms. The number of rotatable bonds is 3. The minimum absolute atomic E-state index is 0.259. The monoisotopic (exact) mass is 302 g/mol. The fraction of sp³-hybridized carbons (Fsp3) is 0.133. The number of hydrogen-bond donors (Lipinski definition) is 0. The zero-order valence-corrected chi connectivity index (χ0v) is 11.9. The van der Waals surface area contributed by atoms with Crippen molar-refractivity contribution >= 4 is 29.0 Å². The number of anilines is 1. The van der Waals surface area contributed by atoms with Gasteiger partial charge >= 0.3 is 0 Å². The van der Waals surface area contributed by atoms with Gasteiger partial charge in [0.25, 0.3) is 11.7 Å². The van der Waals surface area contributed by atoms with Crippen LogP contribution in [0.5, 0.6) is 5.75 Å². The van der Waals surface area contributed by atoms with Gasteiger partial charge in [-0.15, -0.1) is 0 Å². The lowest BCUT2D eigenvalue weighted by atomic mass is 10.1. The number of methoxy groups -OCH3 is 1. The highest BCUT2D eigenvalue weighted by Crippen LogP contribution is 2.33. The second kappa shape index (κ2) is 5.18. The van der Waals surface area contributed by atoms with Crippen LogP contribution in [0.15, 0.2) is 36.5 Å². The van der Waals surface area contributed by atoms with E-state index in [9.17, 15) is 9.59 Å². The van der Waals surface area contributed by atoms with Gasteiger partial charge < -0.3 is 9.64 Å². The molecule has 2 heterocycles. The molecule has 0 fully saturated rings. The second-order valence-electron chi connectivity index (χ2n) is 4.59. The van der Waals surface area contributed by atoms with Crippen molar-refractivity contribution in [2.24, 2.45) is 0 Å². The van der Waals surface area contributed by atoms with Crippen LogP contribution in [0.4, 0.5) is 5.69 Å². The number of carbonyl (C=O) groups excluding carboxylic acids is 2. The molecule has 3 rings (SSSR count). The fourth-order valence-corrected chi connectivity index (χ4v) is 2.35. The molecule has 1 aromatic heterocycles. The summed E-state index contributed by atoms with van der Waals surface area (Å²) < 4.78 is 5.15. The lowest BCUT2D eigenvalue weighted by Gasteiger charge is -2.16. The number of aromatic nitrogens is 1. The molecule has 0 saturated heterocycles. The minimum Gasteiger partial charge on any atom is -0.497 e. The van der Waals surface area contributed by atoms with Gasteiger partial charge in [-0.05, 0) is 23.8 Å². The summed E-state index contributed by atoms with van der Waals surface area (Å²) in [4.78, 5) is 29.5. The van der Waals surface area contributed by atoms with Gasteiger partial charge in [0.05, 0.1) is 24.9 Å². The predicted molar refractivity (Wildman–Crippen MR) is 77.8 cm³/mol. The Morgan fingerprint density at radius 2 is 2.05 bits per heavy atom. The molecule has 2 aromatic rings. The summed E-state index contributed by atoms with van der Waals surface area (Å²) in [5, 5.41) is 0.379. The average molecular weight is 303 g/mol. The van der Waals surface area contributed by atoms with E-state index in [1.165, 1.54) is 12.0 Å². The molecule has 5 nitrogen and oxygen atoms in total. The molecular weight excluding hydrogens is 292 g/mol. The number of pyridine rings is 1. The summed E-state index contributed by atoms with van der Waals surface area (Å²) in [6.45, 7) is 0.259. The number of benzene rings is 1. The first-order valence-electron chi connectivity index (χ1n) is 6.25.